The Hall–Kier alpha value is -1.50. The SMILES string of the molecule is CC(C)n1nnn(CC(=O)[C@@H]2CCC[C@H]3C(CC[C@@H]4C[C@](C)(O)CC[C@@H]43)[C@@H](C)CC2)c1=O. The van der Waals surface area contributed by atoms with E-state index in [1.165, 1.54) is 28.6 Å². The maximum absolute atomic E-state index is 13.1. The van der Waals surface area contributed by atoms with E-state index in [-0.39, 0.29) is 30.0 Å². The molecule has 1 N–H and O–H groups in total. The third-order valence-corrected chi connectivity index (χ3v) is 9.00. The molecule has 0 aliphatic heterocycles. The Labute approximate surface area is 191 Å². The van der Waals surface area contributed by atoms with Gasteiger partial charge in [0.15, 0.2) is 5.78 Å². The van der Waals surface area contributed by atoms with E-state index < -0.39 is 5.60 Å². The zero-order chi connectivity index (χ0) is 23.0. The number of carbonyl (C=O) groups excluding carboxylic acids is 1. The number of hydrogen-bond acceptors (Lipinski definition) is 5. The normalized spacial score (nSPS) is 38.3. The van der Waals surface area contributed by atoms with Gasteiger partial charge in [-0.05, 0) is 119 Å². The summed E-state index contributed by atoms with van der Waals surface area (Å²) in [6.07, 6.45) is 10.8. The molecular weight excluding hydrogens is 404 g/mol. The number of rotatable bonds is 4. The summed E-state index contributed by atoms with van der Waals surface area (Å²) in [4.78, 5) is 25.6. The van der Waals surface area contributed by atoms with Crippen LogP contribution in [0.3, 0.4) is 0 Å². The molecule has 32 heavy (non-hydrogen) atoms. The molecule has 3 aliphatic rings. The maximum atomic E-state index is 13.1. The number of hydrogen-bond donors (Lipinski definition) is 1. The molecule has 7 nitrogen and oxygen atoms in total. The van der Waals surface area contributed by atoms with Gasteiger partial charge >= 0.3 is 5.69 Å². The van der Waals surface area contributed by atoms with Crippen LogP contribution in [-0.4, -0.2) is 36.3 Å². The van der Waals surface area contributed by atoms with Crippen molar-refractivity contribution in [2.75, 3.05) is 0 Å². The summed E-state index contributed by atoms with van der Waals surface area (Å²) in [5.74, 6) is 3.67. The minimum atomic E-state index is -0.481. The molecule has 7 heteroatoms. The maximum Gasteiger partial charge on any atom is 0.364 e. The van der Waals surface area contributed by atoms with E-state index in [1.807, 2.05) is 20.8 Å². The van der Waals surface area contributed by atoms with Crippen molar-refractivity contribution in [1.82, 2.24) is 19.8 Å². The number of ketones is 1. The zero-order valence-electron chi connectivity index (χ0n) is 20.4. The number of aromatic nitrogens is 4. The fourth-order valence-corrected chi connectivity index (χ4v) is 7.21. The number of nitrogens with zero attached hydrogens (tertiary/aromatic N) is 4. The predicted molar refractivity (Wildman–Crippen MR) is 123 cm³/mol. The summed E-state index contributed by atoms with van der Waals surface area (Å²) < 4.78 is 2.57. The van der Waals surface area contributed by atoms with Gasteiger partial charge in [-0.25, -0.2) is 4.79 Å². The highest BCUT2D eigenvalue weighted by Gasteiger charge is 2.46. The van der Waals surface area contributed by atoms with E-state index in [1.54, 1.807) is 0 Å². The monoisotopic (exact) mass is 446 g/mol. The molecule has 1 heterocycles. The fourth-order valence-electron chi connectivity index (χ4n) is 7.21. The van der Waals surface area contributed by atoms with Crippen molar-refractivity contribution < 1.29 is 9.90 Å². The van der Waals surface area contributed by atoms with Crippen LogP contribution in [0.5, 0.6) is 0 Å². The minimum Gasteiger partial charge on any atom is -0.390 e. The largest absolute Gasteiger partial charge is 0.390 e. The lowest BCUT2D eigenvalue weighted by molar-refractivity contribution is -0.124. The summed E-state index contributed by atoms with van der Waals surface area (Å²) in [6, 6.07) is -0.0623. The van der Waals surface area contributed by atoms with Crippen molar-refractivity contribution in [1.29, 1.82) is 0 Å². The Balaban J connectivity index is 1.42. The lowest BCUT2D eigenvalue weighted by Crippen LogP contribution is -2.45. The molecule has 0 aromatic carbocycles. The average Bonchev–Trinajstić information content (AvgIpc) is 3.12. The van der Waals surface area contributed by atoms with E-state index in [0.717, 1.165) is 62.7 Å². The average molecular weight is 447 g/mol. The van der Waals surface area contributed by atoms with Gasteiger partial charge in [0.1, 0.15) is 6.54 Å². The van der Waals surface area contributed by atoms with E-state index in [2.05, 4.69) is 17.4 Å². The quantitative estimate of drug-likeness (QED) is 0.755. The summed E-state index contributed by atoms with van der Waals surface area (Å²) in [7, 11) is 0. The summed E-state index contributed by atoms with van der Waals surface area (Å²) in [5, 5.41) is 18.5. The van der Waals surface area contributed by atoms with Crippen LogP contribution in [0.4, 0.5) is 0 Å². The minimum absolute atomic E-state index is 0.0107. The number of aliphatic hydroxyl groups is 1. The molecule has 4 rings (SSSR count). The first-order chi connectivity index (χ1) is 15.2. The molecule has 1 aromatic rings. The highest BCUT2D eigenvalue weighted by molar-refractivity contribution is 5.80. The number of carbonyl (C=O) groups is 1. The molecule has 0 radical (unpaired) electrons. The first-order valence-corrected chi connectivity index (χ1v) is 12.9. The van der Waals surface area contributed by atoms with Crippen LogP contribution in [-0.2, 0) is 11.3 Å². The summed E-state index contributed by atoms with van der Waals surface area (Å²) in [5.41, 5.74) is -0.777. The molecule has 1 unspecified atom stereocenters. The van der Waals surface area contributed by atoms with Gasteiger partial charge in [0.2, 0.25) is 0 Å². The van der Waals surface area contributed by atoms with Crippen LogP contribution in [0.25, 0.3) is 0 Å². The molecule has 3 saturated carbocycles. The molecule has 3 fully saturated rings. The van der Waals surface area contributed by atoms with Crippen molar-refractivity contribution in [3.63, 3.8) is 0 Å². The van der Waals surface area contributed by atoms with Crippen molar-refractivity contribution in [2.24, 2.45) is 35.5 Å². The van der Waals surface area contributed by atoms with Crippen molar-refractivity contribution >= 4 is 5.78 Å². The van der Waals surface area contributed by atoms with E-state index in [4.69, 9.17) is 0 Å². The van der Waals surface area contributed by atoms with Gasteiger partial charge in [0, 0.05) is 5.92 Å². The fraction of sp³-hybridized carbons (Fsp3) is 0.920. The van der Waals surface area contributed by atoms with Gasteiger partial charge < -0.3 is 5.11 Å². The molecule has 0 saturated heterocycles. The molecule has 3 aliphatic carbocycles. The molecule has 7 atom stereocenters. The molecule has 0 bridgehead atoms. The van der Waals surface area contributed by atoms with E-state index in [0.29, 0.717) is 11.8 Å². The van der Waals surface area contributed by atoms with Gasteiger partial charge in [-0.15, -0.1) is 0 Å². The molecular formula is C25H42N4O3. The Morgan fingerprint density at radius 3 is 2.56 bits per heavy atom. The van der Waals surface area contributed by atoms with Crippen LogP contribution in [0.2, 0.25) is 0 Å². The second kappa shape index (κ2) is 9.40. The van der Waals surface area contributed by atoms with Crippen LogP contribution >= 0.6 is 0 Å². The first-order valence-electron chi connectivity index (χ1n) is 12.9. The standard InChI is InChI=1S/C25H42N4O3/c1-16(2)29-24(31)28(26-27-29)15-23(30)18-6-5-7-22-20(17(3)8-9-18)11-10-19-14-25(4,32)13-12-21(19)22/h16-22,32H,5-15H2,1-4H3/t17-,18+,19+,20?,21-,22-,25+/m0/s1. The molecule has 0 spiro atoms. The van der Waals surface area contributed by atoms with Crippen molar-refractivity contribution in [2.45, 2.75) is 110 Å². The second-order valence-electron chi connectivity index (χ2n) is 11.7. The Morgan fingerprint density at radius 2 is 1.84 bits per heavy atom. The van der Waals surface area contributed by atoms with E-state index >= 15 is 0 Å². The topological polar surface area (TPSA) is 90.0 Å². The Morgan fingerprint density at radius 1 is 1.06 bits per heavy atom. The number of fused-ring (bicyclic) bond motifs is 3. The Kier molecular flexibility index (Phi) is 6.94. The van der Waals surface area contributed by atoms with Crippen molar-refractivity contribution in [3.05, 3.63) is 10.5 Å². The van der Waals surface area contributed by atoms with Gasteiger partial charge in [0.05, 0.1) is 11.6 Å². The number of Topliss-reactive ketones (excluding diaryl/α,β-unsaturated/α-hetero) is 1. The molecule has 0 amide bonds. The zero-order valence-corrected chi connectivity index (χ0v) is 20.4. The first kappa shape index (κ1) is 23.7. The predicted octanol–water partition coefficient (Wildman–Crippen LogP) is 4.00. The molecule has 1 aromatic heterocycles. The van der Waals surface area contributed by atoms with Crippen molar-refractivity contribution in [3.8, 4) is 0 Å². The van der Waals surface area contributed by atoms with Crippen LogP contribution in [0, 0.1) is 35.5 Å². The highest BCUT2D eigenvalue weighted by Crippen LogP contribution is 2.53. The van der Waals surface area contributed by atoms with Crippen LogP contribution in [0.15, 0.2) is 4.79 Å². The lowest BCUT2D eigenvalue weighted by Gasteiger charge is -2.50. The van der Waals surface area contributed by atoms with E-state index in [9.17, 15) is 14.7 Å². The summed E-state index contributed by atoms with van der Waals surface area (Å²) >= 11 is 0. The third-order valence-electron chi connectivity index (χ3n) is 9.00. The van der Waals surface area contributed by atoms with Crippen LogP contribution in [0.1, 0.15) is 97.9 Å². The van der Waals surface area contributed by atoms with Gasteiger partial charge in [-0.3, -0.25) is 4.79 Å². The summed E-state index contributed by atoms with van der Waals surface area (Å²) in [6.45, 7) is 8.22. The van der Waals surface area contributed by atoms with Gasteiger partial charge in [-0.1, -0.05) is 13.3 Å². The van der Waals surface area contributed by atoms with Gasteiger partial charge in [0.25, 0.3) is 0 Å². The van der Waals surface area contributed by atoms with Gasteiger partial charge in [-0.2, -0.15) is 9.36 Å². The van der Waals surface area contributed by atoms with Crippen LogP contribution < -0.4 is 5.69 Å². The molecule has 180 valence electrons. The Bertz CT molecular complexity index is 858. The highest BCUT2D eigenvalue weighted by atomic mass is 16.3. The lowest BCUT2D eigenvalue weighted by atomic mass is 9.56. The smallest absolute Gasteiger partial charge is 0.364 e. The second-order valence-corrected chi connectivity index (χ2v) is 11.7. The number of tetrazole rings is 1. The third kappa shape index (κ3) is 4.87.